The third-order valence-electron chi connectivity index (χ3n) is 4.91. The Hall–Kier alpha value is -3.71. The minimum absolute atomic E-state index is 0.00362. The fourth-order valence-electron chi connectivity index (χ4n) is 3.43. The SMILES string of the molecule is CC(C)(C)CC(COc1cc(N2CCN(c3ncc(C(F)(F)F)cn3)CC2=O)ncn1)OC(N)=O. The van der Waals surface area contributed by atoms with Crippen molar-refractivity contribution in [2.45, 2.75) is 39.5 Å². The molecule has 2 aromatic heterocycles. The predicted octanol–water partition coefficient (Wildman–Crippen LogP) is 2.42. The van der Waals surface area contributed by atoms with Crippen LogP contribution in [-0.2, 0) is 15.7 Å². The molecule has 2 aromatic rings. The summed E-state index contributed by atoms with van der Waals surface area (Å²) in [6.07, 6.45) is -2.95. The molecule has 1 unspecified atom stereocenters. The molecule has 1 atom stereocenters. The lowest BCUT2D eigenvalue weighted by Crippen LogP contribution is -2.51. The Labute approximate surface area is 199 Å². The van der Waals surface area contributed by atoms with Crippen molar-refractivity contribution in [3.05, 3.63) is 30.4 Å². The number of piperazine rings is 1. The number of hydrogen-bond donors (Lipinski definition) is 1. The van der Waals surface area contributed by atoms with Crippen LogP contribution in [0.3, 0.4) is 0 Å². The van der Waals surface area contributed by atoms with Gasteiger partial charge in [0.05, 0.1) is 5.56 Å². The van der Waals surface area contributed by atoms with Gasteiger partial charge in [-0.1, -0.05) is 20.8 Å². The maximum Gasteiger partial charge on any atom is 0.419 e. The largest absolute Gasteiger partial charge is 0.474 e. The van der Waals surface area contributed by atoms with Crippen molar-refractivity contribution in [1.82, 2.24) is 19.9 Å². The molecule has 35 heavy (non-hydrogen) atoms. The van der Waals surface area contributed by atoms with Gasteiger partial charge in [0.15, 0.2) is 0 Å². The number of carbonyl (C=O) groups excluding carboxylic acids is 2. The van der Waals surface area contributed by atoms with Crippen LogP contribution in [-0.4, -0.2) is 64.3 Å². The van der Waals surface area contributed by atoms with Crippen molar-refractivity contribution in [3.63, 3.8) is 0 Å². The van der Waals surface area contributed by atoms with Gasteiger partial charge < -0.3 is 20.1 Å². The number of ether oxygens (including phenoxy) is 2. The van der Waals surface area contributed by atoms with Crippen LogP contribution in [0.5, 0.6) is 5.88 Å². The molecule has 0 aromatic carbocycles. The van der Waals surface area contributed by atoms with Gasteiger partial charge in [0.1, 0.15) is 31.4 Å². The molecule has 1 fully saturated rings. The predicted molar refractivity (Wildman–Crippen MR) is 118 cm³/mol. The number of primary amides is 1. The van der Waals surface area contributed by atoms with E-state index < -0.39 is 23.9 Å². The summed E-state index contributed by atoms with van der Waals surface area (Å²) in [4.78, 5) is 42.4. The van der Waals surface area contributed by atoms with E-state index in [4.69, 9.17) is 15.2 Å². The average Bonchev–Trinajstić information content (AvgIpc) is 2.76. The van der Waals surface area contributed by atoms with Crippen LogP contribution in [0.25, 0.3) is 0 Å². The molecule has 0 saturated carbocycles. The highest BCUT2D eigenvalue weighted by atomic mass is 19.4. The first kappa shape index (κ1) is 25.9. The highest BCUT2D eigenvalue weighted by molar-refractivity contribution is 5.96. The molecule has 3 heterocycles. The molecule has 3 rings (SSSR count). The molecule has 0 aliphatic carbocycles. The molecule has 11 nitrogen and oxygen atoms in total. The van der Waals surface area contributed by atoms with Crippen LogP contribution in [0.15, 0.2) is 24.8 Å². The Morgan fingerprint density at radius 1 is 1.14 bits per heavy atom. The molecule has 1 aliphatic heterocycles. The number of nitrogens with two attached hydrogens (primary N) is 1. The Balaban J connectivity index is 1.63. The van der Waals surface area contributed by atoms with Crippen LogP contribution in [0.2, 0.25) is 0 Å². The van der Waals surface area contributed by atoms with Gasteiger partial charge >= 0.3 is 12.3 Å². The second-order valence-corrected chi connectivity index (χ2v) is 9.09. The number of halogens is 3. The Bertz CT molecular complexity index is 1040. The fourth-order valence-corrected chi connectivity index (χ4v) is 3.43. The van der Waals surface area contributed by atoms with Crippen LogP contribution < -0.4 is 20.3 Å². The van der Waals surface area contributed by atoms with Crippen molar-refractivity contribution >= 4 is 23.8 Å². The van der Waals surface area contributed by atoms with E-state index in [2.05, 4.69) is 19.9 Å². The van der Waals surface area contributed by atoms with Gasteiger partial charge in [-0.15, -0.1) is 0 Å². The van der Waals surface area contributed by atoms with Crippen LogP contribution in [0, 0.1) is 5.41 Å². The van der Waals surface area contributed by atoms with E-state index in [1.807, 2.05) is 20.8 Å². The summed E-state index contributed by atoms with van der Waals surface area (Å²) >= 11 is 0. The van der Waals surface area contributed by atoms with E-state index in [1.165, 1.54) is 22.2 Å². The Morgan fingerprint density at radius 3 is 2.40 bits per heavy atom. The van der Waals surface area contributed by atoms with Gasteiger partial charge in [0, 0.05) is 31.5 Å². The molecule has 0 spiro atoms. The summed E-state index contributed by atoms with van der Waals surface area (Å²) in [5.41, 5.74) is 4.03. The first-order chi connectivity index (χ1) is 16.3. The molecule has 0 bridgehead atoms. The maximum atomic E-state index is 12.7. The topological polar surface area (TPSA) is 137 Å². The smallest absolute Gasteiger partial charge is 0.419 e. The van der Waals surface area contributed by atoms with E-state index in [-0.39, 0.29) is 55.2 Å². The molecular formula is C21H26F3N7O4. The Kier molecular flexibility index (Phi) is 7.60. The number of amides is 2. The second-order valence-electron chi connectivity index (χ2n) is 9.09. The Morgan fingerprint density at radius 2 is 1.83 bits per heavy atom. The third kappa shape index (κ3) is 7.39. The molecule has 1 aliphatic rings. The number of carbonyl (C=O) groups is 2. The van der Waals surface area contributed by atoms with E-state index in [9.17, 15) is 22.8 Å². The average molecular weight is 497 g/mol. The summed E-state index contributed by atoms with van der Waals surface area (Å²) in [6.45, 7) is 6.26. The van der Waals surface area contributed by atoms with Crippen molar-refractivity contribution < 1.29 is 32.2 Å². The summed E-state index contributed by atoms with van der Waals surface area (Å²) < 4.78 is 48.9. The van der Waals surface area contributed by atoms with Crippen molar-refractivity contribution in [2.24, 2.45) is 11.1 Å². The molecule has 14 heteroatoms. The second kappa shape index (κ2) is 10.3. The van der Waals surface area contributed by atoms with Crippen LogP contribution >= 0.6 is 0 Å². The first-order valence-electron chi connectivity index (χ1n) is 10.7. The number of aromatic nitrogens is 4. The van der Waals surface area contributed by atoms with E-state index in [1.54, 1.807) is 0 Å². The standard InChI is InChI=1S/C21H26F3N7O4/c1-20(2,3)7-14(35-18(25)33)11-34-16-6-15(28-12-29-16)31-5-4-30(10-17(31)32)19-26-8-13(9-27-19)21(22,23)24/h6,8-9,12,14H,4-5,7,10-11H2,1-3H3,(H2,25,33). The molecule has 2 N–H and O–H groups in total. The summed E-state index contributed by atoms with van der Waals surface area (Å²) in [7, 11) is 0. The molecule has 0 radical (unpaired) electrons. The van der Waals surface area contributed by atoms with Crippen molar-refractivity contribution in [2.75, 3.05) is 36.0 Å². The van der Waals surface area contributed by atoms with E-state index in [0.29, 0.717) is 18.8 Å². The quantitative estimate of drug-likeness (QED) is 0.611. The number of nitrogens with zero attached hydrogens (tertiary/aromatic N) is 6. The van der Waals surface area contributed by atoms with Gasteiger partial charge in [-0.25, -0.2) is 24.7 Å². The van der Waals surface area contributed by atoms with Gasteiger partial charge in [-0.2, -0.15) is 13.2 Å². The third-order valence-corrected chi connectivity index (χ3v) is 4.91. The highest BCUT2D eigenvalue weighted by Gasteiger charge is 2.33. The minimum atomic E-state index is -4.54. The van der Waals surface area contributed by atoms with Crippen LogP contribution in [0.4, 0.5) is 29.7 Å². The summed E-state index contributed by atoms with van der Waals surface area (Å²) in [6, 6.07) is 1.47. The fraction of sp³-hybridized carbons (Fsp3) is 0.524. The zero-order valence-corrected chi connectivity index (χ0v) is 19.4. The van der Waals surface area contributed by atoms with E-state index in [0.717, 1.165) is 0 Å². The zero-order valence-electron chi connectivity index (χ0n) is 19.4. The zero-order chi connectivity index (χ0) is 25.8. The van der Waals surface area contributed by atoms with Gasteiger partial charge in [-0.05, 0) is 11.8 Å². The number of alkyl halides is 3. The lowest BCUT2D eigenvalue weighted by molar-refractivity contribution is -0.138. The van der Waals surface area contributed by atoms with E-state index >= 15 is 0 Å². The maximum absolute atomic E-state index is 12.7. The summed E-state index contributed by atoms with van der Waals surface area (Å²) in [5, 5.41) is 0. The lowest BCUT2D eigenvalue weighted by atomic mass is 9.89. The number of anilines is 2. The molecular weight excluding hydrogens is 471 g/mol. The van der Waals surface area contributed by atoms with Crippen molar-refractivity contribution in [1.29, 1.82) is 0 Å². The number of rotatable bonds is 7. The van der Waals surface area contributed by atoms with Crippen molar-refractivity contribution in [3.8, 4) is 5.88 Å². The van der Waals surface area contributed by atoms with Gasteiger partial charge in [0.25, 0.3) is 0 Å². The molecule has 2 amide bonds. The minimum Gasteiger partial charge on any atom is -0.474 e. The molecule has 1 saturated heterocycles. The molecule has 190 valence electrons. The first-order valence-corrected chi connectivity index (χ1v) is 10.7. The van der Waals surface area contributed by atoms with Gasteiger partial charge in [-0.3, -0.25) is 9.69 Å². The van der Waals surface area contributed by atoms with Crippen LogP contribution in [0.1, 0.15) is 32.8 Å². The highest BCUT2D eigenvalue weighted by Crippen LogP contribution is 2.29. The summed E-state index contributed by atoms with van der Waals surface area (Å²) in [5.74, 6) is 0.128. The monoisotopic (exact) mass is 497 g/mol. The lowest BCUT2D eigenvalue weighted by Gasteiger charge is -2.33. The van der Waals surface area contributed by atoms with Gasteiger partial charge in [0.2, 0.25) is 17.7 Å². The normalized spacial score (nSPS) is 15.7. The number of hydrogen-bond acceptors (Lipinski definition) is 9.